The summed E-state index contributed by atoms with van der Waals surface area (Å²) in [7, 11) is 2.15. The third-order valence-electron chi connectivity index (χ3n) is 6.68. The van der Waals surface area contributed by atoms with Gasteiger partial charge in [0.05, 0.1) is 11.3 Å². The van der Waals surface area contributed by atoms with Crippen molar-refractivity contribution in [1.82, 2.24) is 14.8 Å². The molecule has 2 aliphatic heterocycles. The Morgan fingerprint density at radius 1 is 1.03 bits per heavy atom. The second-order valence-electron chi connectivity index (χ2n) is 10.8. The summed E-state index contributed by atoms with van der Waals surface area (Å²) in [6.07, 6.45) is 2.67. The van der Waals surface area contributed by atoms with E-state index in [0.717, 1.165) is 44.7 Å². The lowest BCUT2D eigenvalue weighted by atomic mass is 10.0. The number of carbonyl (C=O) groups is 2. The zero-order valence-corrected chi connectivity index (χ0v) is 22.3. The molecule has 0 bridgehead atoms. The number of nitrogens with one attached hydrogen (secondary N) is 2. The minimum absolute atomic E-state index is 0.0925. The number of amides is 2. The molecule has 10 nitrogen and oxygen atoms in total. The molecule has 4 N–H and O–H groups in total. The van der Waals surface area contributed by atoms with Gasteiger partial charge in [-0.15, -0.1) is 0 Å². The minimum atomic E-state index is -0.538. The third-order valence-corrected chi connectivity index (χ3v) is 6.68. The summed E-state index contributed by atoms with van der Waals surface area (Å²) >= 11 is 0. The number of pyridine rings is 1. The number of anilines is 4. The number of likely N-dealkylation sites (N-methyl/N-ethyl adjacent to an activating group) is 1. The van der Waals surface area contributed by atoms with Gasteiger partial charge in [-0.3, -0.25) is 4.79 Å². The number of nitrogens with zero attached hydrogens (tertiary/aromatic N) is 4. The normalized spacial score (nSPS) is 17.4. The van der Waals surface area contributed by atoms with Crippen molar-refractivity contribution >= 4 is 34.9 Å². The monoisotopic (exact) mass is 509 g/mol. The van der Waals surface area contributed by atoms with Crippen molar-refractivity contribution in [1.29, 1.82) is 0 Å². The summed E-state index contributed by atoms with van der Waals surface area (Å²) in [4.78, 5) is 35.3. The number of piperidine rings is 1. The highest BCUT2D eigenvalue weighted by molar-refractivity contribution is 5.98. The largest absolute Gasteiger partial charge is 0.444 e. The van der Waals surface area contributed by atoms with E-state index in [4.69, 9.17) is 10.5 Å². The number of benzene rings is 1. The van der Waals surface area contributed by atoms with Crippen molar-refractivity contribution in [2.75, 3.05) is 61.8 Å². The van der Waals surface area contributed by atoms with Crippen molar-refractivity contribution in [3.05, 3.63) is 42.1 Å². The Bertz CT molecular complexity index is 1080. The SMILES string of the molecule is CN1CCN(c2ccc(Nc3cc(NC4CCN(C(=O)OC(C)(C)C)CC4)c(C(N)=O)cn3)cc2)CC1. The molecule has 2 amide bonds. The van der Waals surface area contributed by atoms with Crippen LogP contribution in [-0.4, -0.2) is 84.7 Å². The molecule has 1 aromatic carbocycles. The van der Waals surface area contributed by atoms with E-state index in [1.165, 1.54) is 11.9 Å². The molecule has 2 aliphatic rings. The molecule has 2 saturated heterocycles. The first-order valence-electron chi connectivity index (χ1n) is 12.9. The molecule has 37 heavy (non-hydrogen) atoms. The Hall–Kier alpha value is -3.53. The number of primary amides is 1. The molecule has 4 rings (SSSR count). The fourth-order valence-corrected chi connectivity index (χ4v) is 4.56. The average molecular weight is 510 g/mol. The summed E-state index contributed by atoms with van der Waals surface area (Å²) in [6, 6.07) is 10.2. The maximum absolute atomic E-state index is 12.4. The third kappa shape index (κ3) is 7.25. The highest BCUT2D eigenvalue weighted by atomic mass is 16.6. The number of aromatic nitrogens is 1. The second kappa shape index (κ2) is 11.2. The van der Waals surface area contributed by atoms with Gasteiger partial charge in [-0.2, -0.15) is 0 Å². The van der Waals surface area contributed by atoms with Crippen LogP contribution >= 0.6 is 0 Å². The smallest absolute Gasteiger partial charge is 0.410 e. The van der Waals surface area contributed by atoms with E-state index in [1.54, 1.807) is 4.90 Å². The standard InChI is InChI=1S/C27H39N7O3/c1-27(2,3)37-26(36)34-11-9-20(10-12-34)30-23-17-24(29-18-22(23)25(28)35)31-19-5-7-21(8-6-19)33-15-13-32(4)14-16-33/h5-8,17-18,20H,9-16H2,1-4H3,(H2,28,35)(H2,29,30,31). The van der Waals surface area contributed by atoms with Crippen LogP contribution in [0.15, 0.2) is 36.5 Å². The molecule has 0 atom stereocenters. The van der Waals surface area contributed by atoms with E-state index in [2.05, 4.69) is 44.6 Å². The van der Waals surface area contributed by atoms with Crippen LogP contribution in [0.25, 0.3) is 0 Å². The Morgan fingerprint density at radius 2 is 1.68 bits per heavy atom. The molecule has 200 valence electrons. The first-order chi connectivity index (χ1) is 17.6. The first-order valence-corrected chi connectivity index (χ1v) is 12.9. The lowest BCUT2D eigenvalue weighted by Gasteiger charge is -2.34. The van der Waals surface area contributed by atoms with E-state index in [0.29, 0.717) is 30.2 Å². The topological polar surface area (TPSA) is 116 Å². The number of hydrogen-bond acceptors (Lipinski definition) is 8. The molecule has 0 saturated carbocycles. The summed E-state index contributed by atoms with van der Waals surface area (Å²) in [5.41, 5.74) is 8.19. The van der Waals surface area contributed by atoms with E-state index in [9.17, 15) is 9.59 Å². The molecule has 0 unspecified atom stereocenters. The quantitative estimate of drug-likeness (QED) is 0.542. The van der Waals surface area contributed by atoms with Crippen LogP contribution in [0.1, 0.15) is 44.0 Å². The van der Waals surface area contributed by atoms with Gasteiger partial charge in [0, 0.05) is 68.9 Å². The van der Waals surface area contributed by atoms with Crippen molar-refractivity contribution in [3.8, 4) is 0 Å². The van der Waals surface area contributed by atoms with Crippen molar-refractivity contribution < 1.29 is 14.3 Å². The van der Waals surface area contributed by atoms with Gasteiger partial charge in [0.15, 0.2) is 0 Å². The van der Waals surface area contributed by atoms with E-state index < -0.39 is 11.5 Å². The van der Waals surface area contributed by atoms with Gasteiger partial charge < -0.3 is 35.8 Å². The zero-order chi connectivity index (χ0) is 26.6. The second-order valence-corrected chi connectivity index (χ2v) is 10.8. The number of hydrogen-bond donors (Lipinski definition) is 3. The van der Waals surface area contributed by atoms with Gasteiger partial charge in [-0.05, 0) is 64.9 Å². The molecular formula is C27H39N7O3. The van der Waals surface area contributed by atoms with Gasteiger partial charge in [-0.1, -0.05) is 0 Å². The van der Waals surface area contributed by atoms with Crippen molar-refractivity contribution in [3.63, 3.8) is 0 Å². The fourth-order valence-electron chi connectivity index (χ4n) is 4.56. The van der Waals surface area contributed by atoms with Gasteiger partial charge in [0.2, 0.25) is 0 Å². The van der Waals surface area contributed by atoms with Gasteiger partial charge in [0.25, 0.3) is 5.91 Å². The molecule has 10 heteroatoms. The van der Waals surface area contributed by atoms with Crippen molar-refractivity contribution in [2.45, 2.75) is 45.3 Å². The van der Waals surface area contributed by atoms with Gasteiger partial charge >= 0.3 is 6.09 Å². The molecular weight excluding hydrogens is 470 g/mol. The molecule has 1 aromatic heterocycles. The van der Waals surface area contributed by atoms with Crippen LogP contribution in [0.3, 0.4) is 0 Å². The maximum Gasteiger partial charge on any atom is 0.410 e. The fraction of sp³-hybridized carbons (Fsp3) is 0.519. The molecule has 0 aliphatic carbocycles. The highest BCUT2D eigenvalue weighted by Gasteiger charge is 2.27. The Kier molecular flexibility index (Phi) is 8.06. The molecule has 3 heterocycles. The molecule has 0 radical (unpaired) electrons. The summed E-state index contributed by atoms with van der Waals surface area (Å²) in [6.45, 7) is 10.9. The van der Waals surface area contributed by atoms with E-state index in [1.807, 2.05) is 39.0 Å². The molecule has 2 aromatic rings. The molecule has 0 spiro atoms. The van der Waals surface area contributed by atoms with Crippen molar-refractivity contribution in [2.24, 2.45) is 5.73 Å². The van der Waals surface area contributed by atoms with Crippen LogP contribution in [0, 0.1) is 0 Å². The number of ether oxygens (including phenoxy) is 1. The Balaban J connectivity index is 1.38. The van der Waals surface area contributed by atoms with Crippen LogP contribution in [-0.2, 0) is 4.74 Å². The lowest BCUT2D eigenvalue weighted by Crippen LogP contribution is -2.44. The Labute approximate surface area is 219 Å². The average Bonchev–Trinajstić information content (AvgIpc) is 2.84. The van der Waals surface area contributed by atoms with Gasteiger partial charge in [-0.25, -0.2) is 9.78 Å². The van der Waals surface area contributed by atoms with Crippen LogP contribution in [0.4, 0.5) is 27.7 Å². The summed E-state index contributed by atoms with van der Waals surface area (Å²) in [5.74, 6) is 0.0790. The first kappa shape index (κ1) is 26.5. The summed E-state index contributed by atoms with van der Waals surface area (Å²) in [5, 5.41) is 6.78. The minimum Gasteiger partial charge on any atom is -0.444 e. The number of piperazine rings is 1. The predicted octanol–water partition coefficient (Wildman–Crippen LogP) is 3.49. The van der Waals surface area contributed by atoms with Crippen LogP contribution < -0.4 is 21.3 Å². The highest BCUT2D eigenvalue weighted by Crippen LogP contribution is 2.26. The van der Waals surface area contributed by atoms with Gasteiger partial charge in [0.1, 0.15) is 11.4 Å². The number of carbonyl (C=O) groups excluding carboxylic acids is 2. The van der Waals surface area contributed by atoms with Crippen LogP contribution in [0.5, 0.6) is 0 Å². The van der Waals surface area contributed by atoms with E-state index >= 15 is 0 Å². The lowest BCUT2D eigenvalue weighted by molar-refractivity contribution is 0.0210. The number of likely N-dealkylation sites (tertiary alicyclic amines) is 1. The summed E-state index contributed by atoms with van der Waals surface area (Å²) < 4.78 is 5.48. The maximum atomic E-state index is 12.4. The molecule has 2 fully saturated rings. The van der Waals surface area contributed by atoms with E-state index in [-0.39, 0.29) is 12.1 Å². The number of rotatable bonds is 6. The zero-order valence-electron chi connectivity index (χ0n) is 22.3. The number of nitrogens with two attached hydrogens (primary N) is 1. The van der Waals surface area contributed by atoms with Crippen LogP contribution in [0.2, 0.25) is 0 Å². The Morgan fingerprint density at radius 3 is 2.27 bits per heavy atom. The predicted molar refractivity (Wildman–Crippen MR) is 147 cm³/mol.